The smallest absolute Gasteiger partial charge is 0.122 e. The molecule has 3 heteroatoms. The van der Waals surface area contributed by atoms with Crippen molar-refractivity contribution in [2.24, 2.45) is 5.41 Å². The lowest BCUT2D eigenvalue weighted by Gasteiger charge is -2.16. The molecule has 0 aromatic heterocycles. The van der Waals surface area contributed by atoms with Crippen LogP contribution in [0.1, 0.15) is 31.9 Å². The molecule has 0 spiro atoms. The molecule has 0 saturated heterocycles. The third kappa shape index (κ3) is 4.92. The van der Waals surface area contributed by atoms with E-state index in [2.05, 4.69) is 30.4 Å². The Morgan fingerprint density at radius 2 is 2.11 bits per heavy atom. The van der Waals surface area contributed by atoms with E-state index in [1.54, 1.807) is 7.11 Å². The van der Waals surface area contributed by atoms with Gasteiger partial charge in [0.1, 0.15) is 5.75 Å². The summed E-state index contributed by atoms with van der Waals surface area (Å²) >= 11 is 0. The zero-order valence-electron chi connectivity index (χ0n) is 12.4. The molecule has 0 aliphatic carbocycles. The first-order valence-electron chi connectivity index (χ1n) is 6.80. The van der Waals surface area contributed by atoms with Gasteiger partial charge in [0.05, 0.1) is 18.6 Å². The van der Waals surface area contributed by atoms with Crippen LogP contribution in [0.5, 0.6) is 5.75 Å². The van der Waals surface area contributed by atoms with E-state index in [4.69, 9.17) is 10.00 Å². The van der Waals surface area contributed by atoms with E-state index in [1.807, 2.05) is 19.9 Å². The van der Waals surface area contributed by atoms with Crippen molar-refractivity contribution in [2.45, 2.75) is 33.6 Å². The number of nitrogens with zero attached hydrogens (tertiary/aromatic N) is 1. The first-order chi connectivity index (χ1) is 9.02. The summed E-state index contributed by atoms with van der Waals surface area (Å²) in [6.07, 6.45) is 1.95. The minimum Gasteiger partial charge on any atom is -0.496 e. The molecule has 0 amide bonds. The average molecular weight is 260 g/mol. The minimum atomic E-state index is -0.297. The highest BCUT2D eigenvalue weighted by molar-refractivity contribution is 5.37. The van der Waals surface area contributed by atoms with Crippen molar-refractivity contribution >= 4 is 0 Å². The third-order valence-corrected chi connectivity index (χ3v) is 3.19. The summed E-state index contributed by atoms with van der Waals surface area (Å²) in [7, 11) is 1.71. The van der Waals surface area contributed by atoms with E-state index in [-0.39, 0.29) is 5.41 Å². The zero-order chi connectivity index (χ0) is 14.3. The molecule has 1 N–H and O–H groups in total. The normalized spacial score (nSPS) is 11.1. The molecular formula is C16H24N2O. The molecule has 19 heavy (non-hydrogen) atoms. The summed E-state index contributed by atoms with van der Waals surface area (Å²) in [5.74, 6) is 0.963. The molecule has 0 atom stereocenters. The van der Waals surface area contributed by atoms with Gasteiger partial charge < -0.3 is 10.1 Å². The van der Waals surface area contributed by atoms with Crippen LogP contribution in [-0.4, -0.2) is 20.2 Å². The molecule has 1 aromatic rings. The fourth-order valence-corrected chi connectivity index (χ4v) is 1.94. The molecule has 0 unspecified atom stereocenters. The quantitative estimate of drug-likeness (QED) is 0.767. The standard InChI is InChI=1S/C16H24N2O/c1-5-14-10-13(6-7-15(14)19-4)8-9-18-12-16(2,3)11-17/h6-7,10,18H,5,8-9,12H2,1-4H3. The van der Waals surface area contributed by atoms with Crippen LogP contribution in [-0.2, 0) is 12.8 Å². The first-order valence-corrected chi connectivity index (χ1v) is 6.80. The number of hydrogen-bond donors (Lipinski definition) is 1. The Hall–Kier alpha value is -1.53. The van der Waals surface area contributed by atoms with Crippen molar-refractivity contribution in [3.8, 4) is 11.8 Å². The number of nitrogens with one attached hydrogen (secondary N) is 1. The second-order valence-corrected chi connectivity index (χ2v) is 5.42. The molecule has 0 saturated carbocycles. The molecule has 0 heterocycles. The van der Waals surface area contributed by atoms with Gasteiger partial charge in [-0.15, -0.1) is 0 Å². The zero-order valence-corrected chi connectivity index (χ0v) is 12.4. The van der Waals surface area contributed by atoms with E-state index < -0.39 is 0 Å². The summed E-state index contributed by atoms with van der Waals surface area (Å²) in [5.41, 5.74) is 2.26. The van der Waals surface area contributed by atoms with Crippen molar-refractivity contribution in [3.05, 3.63) is 29.3 Å². The number of aryl methyl sites for hydroxylation is 1. The van der Waals surface area contributed by atoms with Gasteiger partial charge in [0.2, 0.25) is 0 Å². The molecule has 0 fully saturated rings. The fraction of sp³-hybridized carbons (Fsp3) is 0.562. The second-order valence-electron chi connectivity index (χ2n) is 5.42. The third-order valence-electron chi connectivity index (χ3n) is 3.19. The largest absolute Gasteiger partial charge is 0.496 e. The molecular weight excluding hydrogens is 236 g/mol. The van der Waals surface area contributed by atoms with Gasteiger partial charge in [-0.1, -0.05) is 19.1 Å². The Balaban J connectivity index is 2.48. The van der Waals surface area contributed by atoms with Crippen LogP contribution in [0.4, 0.5) is 0 Å². The highest BCUT2D eigenvalue weighted by Crippen LogP contribution is 2.20. The summed E-state index contributed by atoms with van der Waals surface area (Å²) in [5, 5.41) is 12.3. The van der Waals surface area contributed by atoms with E-state index in [1.165, 1.54) is 11.1 Å². The predicted octanol–water partition coefficient (Wildman–Crippen LogP) is 2.94. The topological polar surface area (TPSA) is 45.0 Å². The SMILES string of the molecule is CCc1cc(CCNCC(C)(C)C#N)ccc1OC. The van der Waals surface area contributed by atoms with Gasteiger partial charge in [-0.25, -0.2) is 0 Å². The fourth-order valence-electron chi connectivity index (χ4n) is 1.94. The van der Waals surface area contributed by atoms with Crippen molar-refractivity contribution in [1.29, 1.82) is 5.26 Å². The average Bonchev–Trinajstić information content (AvgIpc) is 2.43. The lowest BCUT2D eigenvalue weighted by molar-refractivity contribution is 0.410. The number of hydrogen-bond acceptors (Lipinski definition) is 3. The summed E-state index contributed by atoms with van der Waals surface area (Å²) < 4.78 is 5.32. The second kappa shape index (κ2) is 7.16. The van der Waals surface area contributed by atoms with E-state index >= 15 is 0 Å². The number of ether oxygens (including phenoxy) is 1. The van der Waals surface area contributed by atoms with Gasteiger partial charge in [0.15, 0.2) is 0 Å². The predicted molar refractivity (Wildman–Crippen MR) is 78.3 cm³/mol. The molecule has 3 nitrogen and oxygen atoms in total. The Morgan fingerprint density at radius 1 is 1.37 bits per heavy atom. The molecule has 0 bridgehead atoms. The van der Waals surface area contributed by atoms with Crippen LogP contribution in [0, 0.1) is 16.7 Å². The van der Waals surface area contributed by atoms with Gasteiger partial charge in [0.25, 0.3) is 0 Å². The first kappa shape index (κ1) is 15.5. The van der Waals surface area contributed by atoms with E-state index in [0.29, 0.717) is 0 Å². The Labute approximate surface area is 116 Å². The Morgan fingerprint density at radius 3 is 2.68 bits per heavy atom. The van der Waals surface area contributed by atoms with Gasteiger partial charge in [-0.05, 0) is 50.4 Å². The Kier molecular flexibility index (Phi) is 5.85. The minimum absolute atomic E-state index is 0.297. The lowest BCUT2D eigenvalue weighted by Crippen LogP contribution is -2.29. The molecule has 1 aromatic carbocycles. The van der Waals surface area contributed by atoms with E-state index in [0.717, 1.165) is 31.7 Å². The monoisotopic (exact) mass is 260 g/mol. The lowest BCUT2D eigenvalue weighted by atomic mass is 9.96. The van der Waals surface area contributed by atoms with Crippen molar-refractivity contribution in [3.63, 3.8) is 0 Å². The van der Waals surface area contributed by atoms with Crippen LogP contribution in [0.2, 0.25) is 0 Å². The van der Waals surface area contributed by atoms with Gasteiger partial charge in [0, 0.05) is 6.54 Å². The molecule has 1 rings (SSSR count). The molecule has 0 aliphatic rings. The maximum atomic E-state index is 8.93. The van der Waals surface area contributed by atoms with Crippen LogP contribution < -0.4 is 10.1 Å². The van der Waals surface area contributed by atoms with Crippen molar-refractivity contribution < 1.29 is 4.74 Å². The summed E-state index contributed by atoms with van der Waals surface area (Å²) in [6.45, 7) is 7.64. The van der Waals surface area contributed by atoms with Gasteiger partial charge in [-0.3, -0.25) is 0 Å². The summed E-state index contributed by atoms with van der Waals surface area (Å²) in [6, 6.07) is 8.64. The van der Waals surface area contributed by atoms with Gasteiger partial charge >= 0.3 is 0 Å². The number of rotatable bonds is 7. The van der Waals surface area contributed by atoms with Crippen molar-refractivity contribution in [2.75, 3.05) is 20.2 Å². The van der Waals surface area contributed by atoms with Gasteiger partial charge in [-0.2, -0.15) is 5.26 Å². The van der Waals surface area contributed by atoms with Crippen LogP contribution in [0.15, 0.2) is 18.2 Å². The van der Waals surface area contributed by atoms with Crippen molar-refractivity contribution in [1.82, 2.24) is 5.32 Å². The van der Waals surface area contributed by atoms with Crippen LogP contribution in [0.25, 0.3) is 0 Å². The number of methoxy groups -OCH3 is 1. The highest BCUT2D eigenvalue weighted by atomic mass is 16.5. The Bertz CT molecular complexity index is 447. The molecule has 0 aliphatic heterocycles. The maximum Gasteiger partial charge on any atom is 0.122 e. The van der Waals surface area contributed by atoms with Crippen LogP contribution >= 0.6 is 0 Å². The highest BCUT2D eigenvalue weighted by Gasteiger charge is 2.15. The summed E-state index contributed by atoms with van der Waals surface area (Å²) in [4.78, 5) is 0. The number of benzene rings is 1. The number of nitriles is 1. The van der Waals surface area contributed by atoms with E-state index in [9.17, 15) is 0 Å². The molecule has 104 valence electrons. The molecule has 0 radical (unpaired) electrons. The van der Waals surface area contributed by atoms with Crippen LogP contribution in [0.3, 0.4) is 0 Å². The maximum absolute atomic E-state index is 8.93.